The number of methoxy groups -OCH3 is 1. The molecule has 0 bridgehead atoms. The molecule has 266 valence electrons. The maximum absolute atomic E-state index is 14.2. The number of pyridine rings is 2. The summed E-state index contributed by atoms with van der Waals surface area (Å²) in [5.41, 5.74) is 0.387. The fourth-order valence-corrected chi connectivity index (χ4v) is 8.29. The van der Waals surface area contributed by atoms with Crippen LogP contribution in [0, 0.1) is 25.7 Å². The predicted molar refractivity (Wildman–Crippen MR) is 188 cm³/mol. The van der Waals surface area contributed by atoms with E-state index in [2.05, 4.69) is 31.9 Å². The molecule has 0 radical (unpaired) electrons. The van der Waals surface area contributed by atoms with Gasteiger partial charge in [-0.2, -0.15) is 0 Å². The molecule has 3 fully saturated rings. The summed E-state index contributed by atoms with van der Waals surface area (Å²) in [4.78, 5) is 52.4. The lowest BCUT2D eigenvalue weighted by Crippen LogP contribution is -2.58. The zero-order valence-electron chi connectivity index (χ0n) is 28.9. The number of aromatic nitrogens is 2. The Labute approximate surface area is 292 Å². The molecular weight excluding hydrogens is 660 g/mol. The van der Waals surface area contributed by atoms with Crippen molar-refractivity contribution in [3.63, 3.8) is 0 Å². The summed E-state index contributed by atoms with van der Waals surface area (Å²) in [5.74, 6) is -1.00. The van der Waals surface area contributed by atoms with Gasteiger partial charge in [0.2, 0.25) is 27.7 Å². The van der Waals surface area contributed by atoms with Crippen LogP contribution < -0.4 is 24.8 Å². The number of carbonyl (C=O) groups excluding carboxylic acids is 3. The van der Waals surface area contributed by atoms with E-state index in [9.17, 15) is 22.8 Å². The van der Waals surface area contributed by atoms with Crippen molar-refractivity contribution >= 4 is 44.3 Å². The third kappa shape index (κ3) is 7.04. The summed E-state index contributed by atoms with van der Waals surface area (Å²) in [6.07, 6.45) is 3.93. The lowest BCUT2D eigenvalue weighted by atomic mass is 10.0. The average molecular weight is 705 g/mol. The number of anilines is 1. The maximum Gasteiger partial charge on any atom is 0.254 e. The summed E-state index contributed by atoms with van der Waals surface area (Å²) in [6, 6.07) is 9.27. The van der Waals surface area contributed by atoms with Crippen LogP contribution in [0.15, 0.2) is 55.3 Å². The average Bonchev–Trinajstić information content (AvgIpc) is 3.99. The lowest BCUT2D eigenvalue weighted by molar-refractivity contribution is -0.136. The van der Waals surface area contributed by atoms with Gasteiger partial charge in [0.1, 0.15) is 29.3 Å². The van der Waals surface area contributed by atoms with Gasteiger partial charge in [0.05, 0.1) is 18.4 Å². The summed E-state index contributed by atoms with van der Waals surface area (Å²) in [6.45, 7) is 11.5. The van der Waals surface area contributed by atoms with Crippen molar-refractivity contribution in [3.8, 4) is 11.6 Å². The van der Waals surface area contributed by atoms with E-state index in [0.29, 0.717) is 30.3 Å². The Morgan fingerprint density at radius 1 is 1.12 bits per heavy atom. The van der Waals surface area contributed by atoms with Gasteiger partial charge in [-0.1, -0.05) is 19.9 Å². The van der Waals surface area contributed by atoms with E-state index in [1.165, 1.54) is 0 Å². The Morgan fingerprint density at radius 2 is 1.88 bits per heavy atom. The fraction of sp³-hybridized carbons (Fsp3) is 0.472. The Balaban J connectivity index is 1.29. The summed E-state index contributed by atoms with van der Waals surface area (Å²) >= 11 is 0. The van der Waals surface area contributed by atoms with Crippen molar-refractivity contribution in [2.75, 3.05) is 19.0 Å². The van der Waals surface area contributed by atoms with Crippen molar-refractivity contribution in [2.24, 2.45) is 11.8 Å². The molecule has 2 aromatic heterocycles. The number of imide groups is 1. The maximum atomic E-state index is 14.2. The summed E-state index contributed by atoms with van der Waals surface area (Å²) in [5, 5.41) is 6.72. The minimum absolute atomic E-state index is 0.0973. The van der Waals surface area contributed by atoms with Gasteiger partial charge in [0.25, 0.3) is 5.91 Å². The number of fused-ring (bicyclic) bond motifs is 1. The molecule has 3 N–H and O–H groups in total. The molecule has 1 saturated heterocycles. The number of nitrogens with one attached hydrogen (secondary N) is 3. The molecule has 3 heterocycles. The number of benzene rings is 1. The van der Waals surface area contributed by atoms with Crippen LogP contribution in [0.2, 0.25) is 0 Å². The largest absolute Gasteiger partial charge is 0.497 e. The molecule has 5 atom stereocenters. The first kappa shape index (κ1) is 35.3. The zero-order valence-corrected chi connectivity index (χ0v) is 29.7. The lowest BCUT2D eigenvalue weighted by Gasteiger charge is -2.32. The minimum Gasteiger partial charge on any atom is -0.497 e. The van der Waals surface area contributed by atoms with Crippen LogP contribution >= 0.6 is 0 Å². The van der Waals surface area contributed by atoms with Crippen molar-refractivity contribution in [2.45, 2.75) is 82.4 Å². The number of hydrogen-bond acceptors (Lipinski definition) is 11. The van der Waals surface area contributed by atoms with E-state index in [-0.39, 0.29) is 25.3 Å². The van der Waals surface area contributed by atoms with Crippen LogP contribution in [-0.2, 0) is 24.4 Å². The van der Waals surface area contributed by atoms with E-state index in [4.69, 9.17) is 9.47 Å². The molecule has 13 nitrogen and oxygen atoms in total. The Bertz CT molecular complexity index is 1930. The first-order chi connectivity index (χ1) is 23.7. The highest BCUT2D eigenvalue weighted by atomic mass is 32.2. The topological polar surface area (TPSA) is 169 Å². The first-order valence-corrected chi connectivity index (χ1v) is 18.4. The van der Waals surface area contributed by atoms with Gasteiger partial charge >= 0.3 is 0 Å². The second kappa shape index (κ2) is 13.6. The predicted octanol–water partition coefficient (Wildman–Crippen LogP) is 3.41. The molecule has 1 aromatic carbocycles. The van der Waals surface area contributed by atoms with Gasteiger partial charge in [-0.15, -0.1) is 6.58 Å². The van der Waals surface area contributed by atoms with Crippen LogP contribution in [0.3, 0.4) is 0 Å². The smallest absolute Gasteiger partial charge is 0.254 e. The van der Waals surface area contributed by atoms with Gasteiger partial charge in [-0.25, -0.2) is 18.4 Å². The van der Waals surface area contributed by atoms with Gasteiger partial charge in [-0.3, -0.25) is 29.3 Å². The van der Waals surface area contributed by atoms with Crippen molar-refractivity contribution in [3.05, 3.63) is 66.5 Å². The molecule has 3 aromatic rings. The quantitative estimate of drug-likeness (QED) is 0.223. The third-order valence-corrected chi connectivity index (χ3v) is 11.6. The normalized spacial score (nSPS) is 24.0. The molecule has 2 saturated carbocycles. The van der Waals surface area contributed by atoms with Crippen LogP contribution in [0.5, 0.6) is 11.6 Å². The van der Waals surface area contributed by atoms with E-state index in [1.807, 2.05) is 58.0 Å². The SMILES string of the molecule is C=C[C@@H]1C[C@@]1(C(=O)NS(=O)(=O)C1CC1)N1C[C@H](Oc2nccc3cc(OC)ccc23)C[C@H]1C(=O)NC(=O)[C@H](Nc1cc(C)cc(C)n1)C(C)C. The summed E-state index contributed by atoms with van der Waals surface area (Å²) < 4.78 is 39.9. The number of carbonyl (C=O) groups is 3. The Hall–Kier alpha value is -4.56. The van der Waals surface area contributed by atoms with E-state index < -0.39 is 62.6 Å². The molecule has 3 aliphatic rings. The highest BCUT2D eigenvalue weighted by molar-refractivity contribution is 7.91. The van der Waals surface area contributed by atoms with Crippen LogP contribution in [0.25, 0.3) is 10.8 Å². The van der Waals surface area contributed by atoms with Crippen LogP contribution in [0.1, 0.15) is 50.8 Å². The molecule has 50 heavy (non-hydrogen) atoms. The monoisotopic (exact) mass is 704 g/mol. The molecule has 0 unspecified atom stereocenters. The van der Waals surface area contributed by atoms with Gasteiger partial charge in [-0.05, 0) is 86.4 Å². The van der Waals surface area contributed by atoms with Crippen molar-refractivity contribution in [1.82, 2.24) is 24.9 Å². The number of hydrogen-bond donors (Lipinski definition) is 3. The molecule has 2 aliphatic carbocycles. The van der Waals surface area contributed by atoms with E-state index in [0.717, 1.165) is 22.0 Å². The second-order valence-electron chi connectivity index (χ2n) is 13.9. The number of ether oxygens (including phenoxy) is 2. The van der Waals surface area contributed by atoms with Crippen LogP contribution in [-0.4, -0.2) is 83.6 Å². The zero-order chi connectivity index (χ0) is 36.0. The van der Waals surface area contributed by atoms with Crippen LogP contribution in [0.4, 0.5) is 5.82 Å². The highest BCUT2D eigenvalue weighted by Gasteiger charge is 2.67. The number of nitrogens with zero attached hydrogens (tertiary/aromatic N) is 3. The Kier molecular flexibility index (Phi) is 9.61. The number of rotatable bonds is 13. The third-order valence-electron chi connectivity index (χ3n) is 9.75. The van der Waals surface area contributed by atoms with Crippen molar-refractivity contribution in [1.29, 1.82) is 0 Å². The van der Waals surface area contributed by atoms with E-state index in [1.54, 1.807) is 30.3 Å². The molecule has 3 amide bonds. The van der Waals surface area contributed by atoms with Gasteiger partial charge < -0.3 is 14.8 Å². The summed E-state index contributed by atoms with van der Waals surface area (Å²) in [7, 11) is -2.29. The molecule has 1 aliphatic heterocycles. The standard InChI is InChI=1S/C36H44N6O7S/c1-7-24-18-36(24,35(45)41-50(46,47)27-9-10-27)42-19-26(49-34-28-11-8-25(48-6)16-23(28)12-13-37-34)17-29(42)32(43)40-33(44)31(20(2)3)39-30-15-21(4)14-22(5)38-30/h7-8,11-16,20,24,26-27,29,31H,1,9-10,17-19H2,2-6H3,(H,38,39)(H,41,45)(H,40,43,44)/t24-,26-,29+,31-,36-/m1/s1. The number of aryl methyl sites for hydroxylation is 2. The number of amides is 3. The second-order valence-corrected chi connectivity index (χ2v) is 15.8. The van der Waals surface area contributed by atoms with Crippen molar-refractivity contribution < 1.29 is 32.3 Å². The first-order valence-electron chi connectivity index (χ1n) is 16.9. The molecule has 14 heteroatoms. The highest BCUT2D eigenvalue weighted by Crippen LogP contribution is 2.53. The van der Waals surface area contributed by atoms with Gasteiger partial charge in [0, 0.05) is 36.2 Å². The molecule has 6 rings (SSSR count). The number of likely N-dealkylation sites (tertiary alicyclic amines) is 1. The Morgan fingerprint density at radius 3 is 2.52 bits per heavy atom. The fourth-order valence-electron chi connectivity index (χ4n) is 6.93. The van der Waals surface area contributed by atoms with Gasteiger partial charge in [0.15, 0.2) is 0 Å². The van der Waals surface area contributed by atoms with E-state index >= 15 is 0 Å². The number of sulfonamides is 1. The molecular formula is C36H44N6O7S. The molecule has 0 spiro atoms. The minimum atomic E-state index is -3.88.